The van der Waals surface area contributed by atoms with Crippen LogP contribution >= 0.6 is 0 Å². The second kappa shape index (κ2) is 5.67. The van der Waals surface area contributed by atoms with Gasteiger partial charge in [-0.1, -0.05) is 13.3 Å². The molecule has 24 heavy (non-hydrogen) atoms. The number of benzene rings is 1. The van der Waals surface area contributed by atoms with Crippen molar-refractivity contribution in [1.29, 1.82) is 0 Å². The zero-order chi connectivity index (χ0) is 16.7. The Kier molecular flexibility index (Phi) is 3.48. The van der Waals surface area contributed by atoms with Gasteiger partial charge in [-0.25, -0.2) is 14.4 Å². The van der Waals surface area contributed by atoms with Crippen molar-refractivity contribution in [3.8, 4) is 11.4 Å². The van der Waals surface area contributed by atoms with Gasteiger partial charge in [0.2, 0.25) is 0 Å². The van der Waals surface area contributed by atoms with Crippen LogP contribution in [0.5, 0.6) is 0 Å². The summed E-state index contributed by atoms with van der Waals surface area (Å²) >= 11 is 0. The summed E-state index contributed by atoms with van der Waals surface area (Å²) in [5.41, 5.74) is 2.31. The summed E-state index contributed by atoms with van der Waals surface area (Å²) < 4.78 is 16.7. The average molecular weight is 324 g/mol. The topological polar surface area (TPSA) is 60.9 Å². The predicted octanol–water partition coefficient (Wildman–Crippen LogP) is 3.16. The van der Waals surface area contributed by atoms with E-state index in [-0.39, 0.29) is 5.82 Å². The monoisotopic (exact) mass is 324 g/mol. The molecule has 3 heterocycles. The summed E-state index contributed by atoms with van der Waals surface area (Å²) in [5, 5.41) is 9.75. The van der Waals surface area contributed by atoms with E-state index in [9.17, 15) is 4.39 Å². The van der Waals surface area contributed by atoms with Crippen molar-refractivity contribution in [1.82, 2.24) is 29.4 Å². The first-order chi connectivity index (χ1) is 11.7. The number of aromatic nitrogens is 6. The lowest BCUT2D eigenvalue weighted by atomic mass is 10.2. The van der Waals surface area contributed by atoms with Gasteiger partial charge in [0.15, 0.2) is 17.1 Å². The fourth-order valence-corrected chi connectivity index (χ4v) is 2.78. The summed E-state index contributed by atoms with van der Waals surface area (Å²) in [7, 11) is 1.87. The van der Waals surface area contributed by atoms with E-state index >= 15 is 0 Å². The first-order valence-corrected chi connectivity index (χ1v) is 8.00. The minimum Gasteiger partial charge on any atom is -0.250 e. The molecule has 0 atom stereocenters. The van der Waals surface area contributed by atoms with Crippen molar-refractivity contribution >= 4 is 16.7 Å². The molecule has 1 aromatic carbocycles. The molecule has 0 amide bonds. The van der Waals surface area contributed by atoms with Crippen molar-refractivity contribution in [2.45, 2.75) is 26.2 Å². The quantitative estimate of drug-likeness (QED) is 0.578. The molecule has 0 N–H and O–H groups in total. The molecule has 3 aromatic heterocycles. The van der Waals surface area contributed by atoms with E-state index in [1.165, 1.54) is 12.1 Å². The van der Waals surface area contributed by atoms with Crippen LogP contribution in [0, 0.1) is 5.82 Å². The molecule has 0 fully saturated rings. The zero-order valence-electron chi connectivity index (χ0n) is 13.6. The lowest BCUT2D eigenvalue weighted by Crippen LogP contribution is -2.05. The van der Waals surface area contributed by atoms with Crippen LogP contribution in [0.4, 0.5) is 4.39 Å². The molecular weight excluding hydrogens is 307 g/mol. The number of unbranched alkanes of at least 4 members (excludes halogenated alkanes) is 1. The Labute approximate surface area is 138 Å². The molecule has 0 bridgehead atoms. The van der Waals surface area contributed by atoms with E-state index in [1.54, 1.807) is 27.5 Å². The first-order valence-electron chi connectivity index (χ1n) is 8.00. The van der Waals surface area contributed by atoms with E-state index < -0.39 is 0 Å². The van der Waals surface area contributed by atoms with Crippen LogP contribution in [0.2, 0.25) is 0 Å². The average Bonchev–Trinajstić information content (AvgIpc) is 3.18. The maximum absolute atomic E-state index is 13.2. The molecule has 122 valence electrons. The molecule has 6 nitrogen and oxygen atoms in total. The maximum atomic E-state index is 13.2. The second-order valence-corrected chi connectivity index (χ2v) is 5.81. The van der Waals surface area contributed by atoms with Crippen LogP contribution in [0.15, 0.2) is 30.5 Å². The summed E-state index contributed by atoms with van der Waals surface area (Å²) in [6.45, 7) is 2.14. The minimum atomic E-state index is -0.275. The molecule has 0 aliphatic rings. The predicted molar refractivity (Wildman–Crippen MR) is 89.1 cm³/mol. The SMILES string of the molecule is CCCCc1nc2c(cnn2C)c2nc(-c3ccc(F)cc3)nn12. The molecule has 0 saturated heterocycles. The largest absolute Gasteiger partial charge is 0.250 e. The van der Waals surface area contributed by atoms with Crippen LogP contribution in [0.3, 0.4) is 0 Å². The van der Waals surface area contributed by atoms with Crippen LogP contribution in [0.1, 0.15) is 25.6 Å². The number of fused-ring (bicyclic) bond motifs is 3. The van der Waals surface area contributed by atoms with Gasteiger partial charge in [-0.3, -0.25) is 4.68 Å². The van der Waals surface area contributed by atoms with Crippen molar-refractivity contribution in [3.63, 3.8) is 0 Å². The van der Waals surface area contributed by atoms with E-state index in [4.69, 9.17) is 4.98 Å². The highest BCUT2D eigenvalue weighted by atomic mass is 19.1. The smallest absolute Gasteiger partial charge is 0.182 e. The maximum Gasteiger partial charge on any atom is 0.182 e. The van der Waals surface area contributed by atoms with Crippen molar-refractivity contribution < 1.29 is 4.39 Å². The second-order valence-electron chi connectivity index (χ2n) is 5.81. The van der Waals surface area contributed by atoms with Gasteiger partial charge in [0, 0.05) is 19.0 Å². The standard InChI is InChI=1S/C17H17FN6/c1-3-4-5-14-20-16-13(10-19-23(16)2)17-21-15(22-24(14)17)11-6-8-12(18)9-7-11/h6-10H,3-5H2,1-2H3. The molecule has 4 aromatic rings. The highest BCUT2D eigenvalue weighted by Gasteiger charge is 2.16. The molecule has 0 spiro atoms. The van der Waals surface area contributed by atoms with E-state index in [1.807, 2.05) is 7.05 Å². The van der Waals surface area contributed by atoms with Gasteiger partial charge >= 0.3 is 0 Å². The third-order valence-corrected chi connectivity index (χ3v) is 4.09. The molecule has 0 saturated carbocycles. The molecule has 0 aliphatic heterocycles. The fraction of sp³-hybridized carbons (Fsp3) is 0.294. The molecule has 0 radical (unpaired) electrons. The Balaban J connectivity index is 1.95. The van der Waals surface area contributed by atoms with E-state index in [2.05, 4.69) is 22.1 Å². The molecule has 0 unspecified atom stereocenters. The number of hydrogen-bond acceptors (Lipinski definition) is 4. The van der Waals surface area contributed by atoms with Crippen molar-refractivity contribution in [3.05, 3.63) is 42.1 Å². The van der Waals surface area contributed by atoms with Crippen molar-refractivity contribution in [2.24, 2.45) is 7.05 Å². The lowest BCUT2D eigenvalue weighted by molar-refractivity contribution is 0.628. The van der Waals surface area contributed by atoms with Gasteiger partial charge in [-0.2, -0.15) is 9.61 Å². The summed E-state index contributed by atoms with van der Waals surface area (Å²) in [6.07, 6.45) is 4.67. The Bertz CT molecular complexity index is 1020. The van der Waals surface area contributed by atoms with Crippen LogP contribution < -0.4 is 0 Å². The number of hydrogen-bond donors (Lipinski definition) is 0. The van der Waals surface area contributed by atoms with Gasteiger partial charge in [0.05, 0.1) is 11.6 Å². The highest BCUT2D eigenvalue weighted by Crippen LogP contribution is 2.23. The van der Waals surface area contributed by atoms with Crippen molar-refractivity contribution in [2.75, 3.05) is 0 Å². The summed E-state index contributed by atoms with van der Waals surface area (Å²) in [5.74, 6) is 1.15. The van der Waals surface area contributed by atoms with E-state index in [0.717, 1.165) is 47.3 Å². The van der Waals surface area contributed by atoms with Crippen LogP contribution in [-0.2, 0) is 13.5 Å². The third kappa shape index (κ3) is 2.33. The molecule has 4 rings (SSSR count). The number of halogens is 1. The number of rotatable bonds is 4. The van der Waals surface area contributed by atoms with Crippen LogP contribution in [0.25, 0.3) is 28.1 Å². The highest BCUT2D eigenvalue weighted by molar-refractivity contribution is 5.89. The minimum absolute atomic E-state index is 0.275. The lowest BCUT2D eigenvalue weighted by Gasteiger charge is -2.03. The molecule has 7 heteroatoms. The number of nitrogens with zero attached hydrogens (tertiary/aromatic N) is 6. The third-order valence-electron chi connectivity index (χ3n) is 4.09. The van der Waals surface area contributed by atoms with E-state index in [0.29, 0.717) is 5.82 Å². The zero-order valence-corrected chi connectivity index (χ0v) is 13.6. The fourth-order valence-electron chi connectivity index (χ4n) is 2.78. The van der Waals surface area contributed by atoms with Gasteiger partial charge in [0.1, 0.15) is 11.6 Å². The number of aryl methyl sites for hydroxylation is 2. The normalized spacial score (nSPS) is 11.6. The Morgan fingerprint density at radius 3 is 2.62 bits per heavy atom. The van der Waals surface area contributed by atoms with Gasteiger partial charge in [0.25, 0.3) is 0 Å². The van der Waals surface area contributed by atoms with Crippen LogP contribution in [-0.4, -0.2) is 29.4 Å². The summed E-state index contributed by atoms with van der Waals surface area (Å²) in [4.78, 5) is 9.38. The Morgan fingerprint density at radius 2 is 1.88 bits per heavy atom. The van der Waals surface area contributed by atoms with Gasteiger partial charge in [-0.05, 0) is 30.7 Å². The Morgan fingerprint density at radius 1 is 1.08 bits per heavy atom. The van der Waals surface area contributed by atoms with Gasteiger partial charge < -0.3 is 0 Å². The Hall–Kier alpha value is -2.83. The first kappa shape index (κ1) is 14.7. The summed E-state index contributed by atoms with van der Waals surface area (Å²) in [6, 6.07) is 6.20. The van der Waals surface area contributed by atoms with Gasteiger partial charge in [-0.15, -0.1) is 5.10 Å². The molecule has 0 aliphatic carbocycles. The molecular formula is C17H17FN6.